The van der Waals surface area contributed by atoms with E-state index in [4.69, 9.17) is 0 Å². The number of fused-ring (bicyclic) bond motifs is 15. The van der Waals surface area contributed by atoms with Gasteiger partial charge in [0.15, 0.2) is 0 Å². The normalized spacial score (nSPS) is 12.4. The van der Waals surface area contributed by atoms with Crippen LogP contribution in [0, 0.1) is 0 Å². The van der Waals surface area contributed by atoms with Crippen LogP contribution in [0.2, 0.25) is 0 Å². The van der Waals surface area contributed by atoms with E-state index in [1.165, 1.54) is 85.6 Å². The average Bonchev–Trinajstić information content (AvgIpc) is 3.70. The zero-order chi connectivity index (χ0) is 26.7. The van der Waals surface area contributed by atoms with E-state index in [0.717, 1.165) is 0 Å². The average molecular weight is 539 g/mol. The van der Waals surface area contributed by atoms with Crippen molar-refractivity contribution in [3.63, 3.8) is 0 Å². The van der Waals surface area contributed by atoms with Crippen LogP contribution in [0.4, 0.5) is 0 Å². The van der Waals surface area contributed by atoms with Crippen LogP contribution in [0.3, 0.4) is 0 Å². The van der Waals surface area contributed by atoms with Crippen molar-refractivity contribution in [3.05, 3.63) is 134 Å². The fourth-order valence-electron chi connectivity index (χ4n) is 7.14. The highest BCUT2D eigenvalue weighted by Gasteiger charge is 2.20. The van der Waals surface area contributed by atoms with Gasteiger partial charge in [0.2, 0.25) is 0 Å². The van der Waals surface area contributed by atoms with Crippen molar-refractivity contribution >= 4 is 91.3 Å². The van der Waals surface area contributed by atoms with Crippen molar-refractivity contribution in [1.29, 1.82) is 0 Å². The van der Waals surface area contributed by atoms with E-state index in [1.807, 2.05) is 11.3 Å². The van der Waals surface area contributed by atoms with E-state index in [0.29, 0.717) is 0 Å². The summed E-state index contributed by atoms with van der Waals surface area (Å²) in [5.41, 5.74) is 6.19. The Hall–Kier alpha value is -5.12. The molecule has 0 saturated carbocycles. The van der Waals surface area contributed by atoms with Gasteiger partial charge in [0.25, 0.3) is 0 Å². The van der Waals surface area contributed by atoms with Gasteiger partial charge in [-0.15, -0.1) is 11.3 Å². The SMILES string of the molecule is c1ccc(-n2c3ccccc3c3cc4c(cc32)c2c3sc5ccccc5c3ccc2n2cc3ccccc3c42)cc1. The standard InChI is InChI=1S/C38H22N2S/c1-2-11-24(12-3-1)40-32-16-8-6-14-26(32)29-20-31-30(21-34(29)40)36-33(39-22-23-10-4-5-13-25(23)37(31)39)19-18-28-27-15-7-9-17-35(27)41-38(28)36/h1-22H. The summed E-state index contributed by atoms with van der Waals surface area (Å²) in [6.07, 6.45) is 2.32. The monoisotopic (exact) mass is 538 g/mol. The van der Waals surface area contributed by atoms with Gasteiger partial charge in [-0.25, -0.2) is 0 Å². The summed E-state index contributed by atoms with van der Waals surface area (Å²) >= 11 is 1.91. The third kappa shape index (κ3) is 2.76. The molecular weight excluding hydrogens is 516 g/mol. The number of benzene rings is 6. The highest BCUT2D eigenvalue weighted by Crippen LogP contribution is 2.45. The molecule has 0 saturated heterocycles. The lowest BCUT2D eigenvalue weighted by molar-refractivity contribution is 1.18. The Bertz CT molecular complexity index is 2690. The lowest BCUT2D eigenvalue weighted by atomic mass is 9.99. The van der Waals surface area contributed by atoms with Crippen molar-refractivity contribution in [2.24, 2.45) is 0 Å². The molecule has 4 aromatic heterocycles. The van der Waals surface area contributed by atoms with E-state index < -0.39 is 0 Å². The Kier molecular flexibility index (Phi) is 4.10. The topological polar surface area (TPSA) is 9.34 Å². The van der Waals surface area contributed by atoms with Gasteiger partial charge in [0.1, 0.15) is 0 Å². The summed E-state index contributed by atoms with van der Waals surface area (Å²) in [5.74, 6) is 0. The summed E-state index contributed by atoms with van der Waals surface area (Å²) in [5, 5.41) is 11.7. The fraction of sp³-hybridized carbons (Fsp3) is 0. The minimum atomic E-state index is 1.18. The highest BCUT2D eigenvalue weighted by molar-refractivity contribution is 7.26. The molecule has 0 radical (unpaired) electrons. The molecule has 0 spiro atoms. The van der Waals surface area contributed by atoms with Crippen molar-refractivity contribution in [2.75, 3.05) is 0 Å². The van der Waals surface area contributed by atoms with E-state index in [2.05, 4.69) is 143 Å². The number of para-hydroxylation sites is 2. The molecule has 0 aliphatic carbocycles. The van der Waals surface area contributed by atoms with E-state index in [9.17, 15) is 0 Å². The molecule has 0 atom stereocenters. The molecule has 0 amide bonds. The Morgan fingerprint density at radius 2 is 1.22 bits per heavy atom. The molecular formula is C38H22N2S. The smallest absolute Gasteiger partial charge is 0.0613 e. The fourth-order valence-corrected chi connectivity index (χ4v) is 8.40. The molecule has 0 aliphatic heterocycles. The summed E-state index contributed by atoms with van der Waals surface area (Å²) < 4.78 is 7.56. The van der Waals surface area contributed by atoms with Crippen LogP contribution >= 0.6 is 11.3 Å². The number of nitrogens with zero attached hydrogens (tertiary/aromatic N) is 2. The first-order valence-corrected chi connectivity index (χ1v) is 14.8. The molecule has 41 heavy (non-hydrogen) atoms. The lowest BCUT2D eigenvalue weighted by Crippen LogP contribution is -1.94. The van der Waals surface area contributed by atoms with Crippen molar-refractivity contribution in [3.8, 4) is 5.69 Å². The van der Waals surface area contributed by atoms with Gasteiger partial charge in [0, 0.05) is 64.4 Å². The first kappa shape index (κ1) is 21.7. The lowest BCUT2D eigenvalue weighted by Gasteiger charge is -2.13. The summed E-state index contributed by atoms with van der Waals surface area (Å²) in [7, 11) is 0. The van der Waals surface area contributed by atoms with Gasteiger partial charge in [0.05, 0.1) is 22.1 Å². The molecule has 0 unspecified atom stereocenters. The maximum absolute atomic E-state index is 2.46. The van der Waals surface area contributed by atoms with Gasteiger partial charge < -0.3 is 8.97 Å². The van der Waals surface area contributed by atoms with E-state index in [-0.39, 0.29) is 0 Å². The first-order chi connectivity index (χ1) is 20.3. The number of aromatic nitrogens is 2. The van der Waals surface area contributed by atoms with Crippen molar-refractivity contribution in [2.45, 2.75) is 0 Å². The quantitative estimate of drug-likeness (QED) is 0.184. The zero-order valence-corrected chi connectivity index (χ0v) is 22.8. The van der Waals surface area contributed by atoms with Gasteiger partial charge in [-0.1, -0.05) is 84.9 Å². The largest absolute Gasteiger partial charge is 0.315 e. The van der Waals surface area contributed by atoms with Gasteiger partial charge >= 0.3 is 0 Å². The Morgan fingerprint density at radius 1 is 0.463 bits per heavy atom. The minimum absolute atomic E-state index is 1.18. The summed E-state index contributed by atoms with van der Waals surface area (Å²) in [4.78, 5) is 0. The maximum atomic E-state index is 2.46. The predicted octanol–water partition coefficient (Wildman–Crippen LogP) is 10.9. The van der Waals surface area contributed by atoms with Crippen LogP contribution < -0.4 is 0 Å². The van der Waals surface area contributed by atoms with Crippen LogP contribution in [-0.2, 0) is 0 Å². The summed E-state index contributed by atoms with van der Waals surface area (Å²) in [6.45, 7) is 0. The molecule has 3 heteroatoms. The number of thiophene rings is 1. The second kappa shape index (κ2) is 7.75. The summed E-state index contributed by atoms with van der Waals surface area (Å²) in [6, 6.07) is 46.8. The third-order valence-electron chi connectivity index (χ3n) is 8.86. The Balaban J connectivity index is 1.53. The van der Waals surface area contributed by atoms with Crippen molar-refractivity contribution in [1.82, 2.24) is 8.97 Å². The van der Waals surface area contributed by atoms with Crippen LogP contribution in [0.1, 0.15) is 0 Å². The van der Waals surface area contributed by atoms with Gasteiger partial charge in [-0.05, 0) is 47.9 Å². The zero-order valence-electron chi connectivity index (χ0n) is 22.0. The van der Waals surface area contributed by atoms with Gasteiger partial charge in [-0.3, -0.25) is 0 Å². The predicted molar refractivity (Wildman–Crippen MR) is 177 cm³/mol. The van der Waals surface area contributed by atoms with Crippen LogP contribution in [-0.4, -0.2) is 8.97 Å². The third-order valence-corrected chi connectivity index (χ3v) is 10.1. The number of hydrogen-bond donors (Lipinski definition) is 0. The van der Waals surface area contributed by atoms with Crippen LogP contribution in [0.5, 0.6) is 0 Å². The maximum Gasteiger partial charge on any atom is 0.0613 e. The number of hydrogen-bond acceptors (Lipinski definition) is 1. The first-order valence-electron chi connectivity index (χ1n) is 14.0. The van der Waals surface area contributed by atoms with E-state index >= 15 is 0 Å². The molecule has 0 bridgehead atoms. The molecule has 2 nitrogen and oxygen atoms in total. The van der Waals surface area contributed by atoms with E-state index in [1.54, 1.807) is 0 Å². The molecule has 10 aromatic rings. The molecule has 10 rings (SSSR count). The van der Waals surface area contributed by atoms with Gasteiger partial charge in [-0.2, -0.15) is 0 Å². The molecule has 0 fully saturated rings. The Morgan fingerprint density at radius 3 is 2.12 bits per heavy atom. The highest BCUT2D eigenvalue weighted by atomic mass is 32.1. The van der Waals surface area contributed by atoms with Crippen LogP contribution in [0.15, 0.2) is 134 Å². The second-order valence-corrected chi connectivity index (χ2v) is 12.0. The second-order valence-electron chi connectivity index (χ2n) is 11.0. The molecule has 4 heterocycles. The molecule has 6 aromatic carbocycles. The van der Waals surface area contributed by atoms with Crippen molar-refractivity contribution < 1.29 is 0 Å². The number of rotatable bonds is 1. The molecule has 0 aliphatic rings. The number of pyridine rings is 1. The van der Waals surface area contributed by atoms with Crippen LogP contribution in [0.25, 0.3) is 85.6 Å². The molecule has 190 valence electrons. The minimum Gasteiger partial charge on any atom is -0.315 e. The molecule has 0 N–H and O–H groups in total. The Labute approximate surface area is 238 Å².